The predicted molar refractivity (Wildman–Crippen MR) is 107 cm³/mol. The number of nitro groups is 1. The van der Waals surface area contributed by atoms with Crippen molar-refractivity contribution in [3.05, 3.63) is 45.0 Å². The summed E-state index contributed by atoms with van der Waals surface area (Å²) in [6.45, 7) is 3.78. The third-order valence-corrected chi connectivity index (χ3v) is 6.88. The maximum atomic E-state index is 12.8. The first-order chi connectivity index (χ1) is 12.8. The molecular weight excluding hydrogens is 384 g/mol. The van der Waals surface area contributed by atoms with E-state index < -0.39 is 4.92 Å². The van der Waals surface area contributed by atoms with Crippen LogP contribution in [0.4, 0.5) is 5.69 Å². The van der Waals surface area contributed by atoms with Gasteiger partial charge in [0.15, 0.2) is 4.34 Å². The molecule has 2 heterocycles. The summed E-state index contributed by atoms with van der Waals surface area (Å²) in [5, 5.41) is 13.4. The van der Waals surface area contributed by atoms with Crippen molar-refractivity contribution in [2.75, 3.05) is 27.2 Å². The third-order valence-electron chi connectivity index (χ3n) is 4.75. The van der Waals surface area contributed by atoms with Crippen molar-refractivity contribution in [3.8, 4) is 0 Å². The molecule has 0 radical (unpaired) electrons. The second-order valence-electron chi connectivity index (χ2n) is 6.75. The van der Waals surface area contributed by atoms with Crippen LogP contribution in [0.5, 0.6) is 0 Å². The zero-order chi connectivity index (χ0) is 19.6. The molecular formula is C18H22N4O3S2. The highest BCUT2D eigenvalue weighted by Crippen LogP contribution is 2.37. The molecule has 7 nitrogen and oxygen atoms in total. The maximum absolute atomic E-state index is 12.8. The van der Waals surface area contributed by atoms with Crippen LogP contribution >= 0.6 is 23.1 Å². The van der Waals surface area contributed by atoms with Crippen molar-refractivity contribution in [2.45, 2.75) is 35.0 Å². The van der Waals surface area contributed by atoms with Gasteiger partial charge in [0.05, 0.1) is 9.82 Å². The van der Waals surface area contributed by atoms with Crippen LogP contribution in [-0.4, -0.2) is 58.8 Å². The summed E-state index contributed by atoms with van der Waals surface area (Å²) in [6, 6.07) is 4.87. The number of nitrogens with zero attached hydrogens (tertiary/aromatic N) is 4. The molecule has 1 saturated heterocycles. The molecule has 0 saturated carbocycles. The number of aryl methyl sites for hydroxylation is 1. The Morgan fingerprint density at radius 2 is 2.11 bits per heavy atom. The van der Waals surface area contributed by atoms with Crippen molar-refractivity contribution in [2.24, 2.45) is 0 Å². The van der Waals surface area contributed by atoms with E-state index in [0.717, 1.165) is 36.0 Å². The third kappa shape index (κ3) is 4.66. The van der Waals surface area contributed by atoms with Crippen LogP contribution < -0.4 is 0 Å². The lowest BCUT2D eigenvalue weighted by atomic mass is 10.0. The standard InChI is InChI=1S/C18H22N4O3S2/c1-12-11-26-18(19-12)27-16-5-4-13(10-15(16)22(24)25)17(23)21(3)14-6-8-20(2)9-7-14/h4-5,10-11,14H,6-9H2,1-3H3. The second kappa shape index (κ2) is 8.37. The number of carbonyl (C=O) groups excluding carboxylic acids is 1. The van der Waals surface area contributed by atoms with Crippen LogP contribution in [0.3, 0.4) is 0 Å². The van der Waals surface area contributed by atoms with Gasteiger partial charge in [0.25, 0.3) is 11.6 Å². The van der Waals surface area contributed by atoms with E-state index in [2.05, 4.69) is 16.9 Å². The Balaban J connectivity index is 1.80. The molecule has 3 rings (SSSR count). The molecule has 0 aliphatic carbocycles. The van der Waals surface area contributed by atoms with Gasteiger partial charge in [0, 0.05) is 35.8 Å². The minimum atomic E-state index is -0.435. The van der Waals surface area contributed by atoms with E-state index in [1.807, 2.05) is 12.3 Å². The first kappa shape index (κ1) is 19.8. The molecule has 9 heteroatoms. The molecule has 0 N–H and O–H groups in total. The molecule has 0 unspecified atom stereocenters. The van der Waals surface area contributed by atoms with E-state index in [0.29, 0.717) is 10.5 Å². The van der Waals surface area contributed by atoms with Crippen molar-refractivity contribution in [1.82, 2.24) is 14.8 Å². The summed E-state index contributed by atoms with van der Waals surface area (Å²) in [6.07, 6.45) is 1.83. The van der Waals surface area contributed by atoms with Gasteiger partial charge in [-0.05, 0) is 52.0 Å². The maximum Gasteiger partial charge on any atom is 0.284 e. The van der Waals surface area contributed by atoms with E-state index >= 15 is 0 Å². The quantitative estimate of drug-likeness (QED) is 0.557. The fourth-order valence-electron chi connectivity index (χ4n) is 3.10. The summed E-state index contributed by atoms with van der Waals surface area (Å²) < 4.78 is 0.748. The number of rotatable bonds is 5. The van der Waals surface area contributed by atoms with E-state index in [1.54, 1.807) is 24.1 Å². The highest BCUT2D eigenvalue weighted by Gasteiger charge is 2.26. The Bertz CT molecular complexity index is 847. The minimum Gasteiger partial charge on any atom is -0.339 e. The van der Waals surface area contributed by atoms with Crippen LogP contribution in [0.25, 0.3) is 0 Å². The van der Waals surface area contributed by atoms with E-state index in [-0.39, 0.29) is 17.6 Å². The predicted octanol–water partition coefficient (Wildman–Crippen LogP) is 3.68. The fourth-order valence-corrected chi connectivity index (χ4v) is 4.98. The molecule has 27 heavy (non-hydrogen) atoms. The number of hydrogen-bond acceptors (Lipinski definition) is 7. The summed E-state index contributed by atoms with van der Waals surface area (Å²) in [7, 11) is 3.85. The van der Waals surface area contributed by atoms with E-state index in [4.69, 9.17) is 0 Å². The van der Waals surface area contributed by atoms with Gasteiger partial charge < -0.3 is 9.80 Å². The van der Waals surface area contributed by atoms with E-state index in [1.165, 1.54) is 29.2 Å². The number of amides is 1. The number of carbonyl (C=O) groups is 1. The van der Waals surface area contributed by atoms with Gasteiger partial charge in [-0.2, -0.15) is 0 Å². The van der Waals surface area contributed by atoms with Crippen molar-refractivity contribution < 1.29 is 9.72 Å². The Labute approximate surface area is 166 Å². The fraction of sp³-hybridized carbons (Fsp3) is 0.444. The van der Waals surface area contributed by atoms with Crippen molar-refractivity contribution >= 4 is 34.7 Å². The molecule has 0 bridgehead atoms. The normalized spacial score (nSPS) is 15.7. The summed E-state index contributed by atoms with van der Waals surface area (Å²) in [5.41, 5.74) is 1.18. The minimum absolute atomic E-state index is 0.0597. The monoisotopic (exact) mass is 406 g/mol. The Kier molecular flexibility index (Phi) is 6.13. The Morgan fingerprint density at radius 3 is 2.70 bits per heavy atom. The highest BCUT2D eigenvalue weighted by molar-refractivity contribution is 8.01. The van der Waals surface area contributed by atoms with Crippen LogP contribution in [-0.2, 0) is 0 Å². The van der Waals surface area contributed by atoms with Gasteiger partial charge in [-0.1, -0.05) is 11.8 Å². The number of aromatic nitrogens is 1. The van der Waals surface area contributed by atoms with Crippen LogP contribution in [0.2, 0.25) is 0 Å². The lowest BCUT2D eigenvalue weighted by Gasteiger charge is -2.35. The number of hydrogen-bond donors (Lipinski definition) is 0. The SMILES string of the molecule is Cc1csc(Sc2ccc(C(=O)N(C)C3CCN(C)CC3)cc2[N+](=O)[O-])n1. The molecule has 144 valence electrons. The molecule has 1 aromatic heterocycles. The average Bonchev–Trinajstić information content (AvgIpc) is 3.06. The Hall–Kier alpha value is -1.97. The number of thiazole rings is 1. The molecule has 2 aromatic rings. The number of piperidine rings is 1. The zero-order valence-corrected chi connectivity index (χ0v) is 17.2. The molecule has 1 aliphatic rings. The molecule has 0 atom stereocenters. The first-order valence-corrected chi connectivity index (χ1v) is 10.4. The first-order valence-electron chi connectivity index (χ1n) is 8.69. The average molecular weight is 407 g/mol. The number of likely N-dealkylation sites (tertiary alicyclic amines) is 1. The van der Waals surface area contributed by atoms with Gasteiger partial charge in [-0.3, -0.25) is 14.9 Å². The van der Waals surface area contributed by atoms with Crippen LogP contribution in [0.1, 0.15) is 28.9 Å². The molecule has 1 aliphatic heterocycles. The van der Waals surface area contributed by atoms with Gasteiger partial charge in [-0.15, -0.1) is 11.3 Å². The summed E-state index contributed by atoms with van der Waals surface area (Å²) >= 11 is 2.71. The molecule has 1 amide bonds. The second-order valence-corrected chi connectivity index (χ2v) is 8.89. The van der Waals surface area contributed by atoms with Gasteiger partial charge in [0.1, 0.15) is 0 Å². The van der Waals surface area contributed by atoms with E-state index in [9.17, 15) is 14.9 Å². The Morgan fingerprint density at radius 1 is 1.41 bits per heavy atom. The summed E-state index contributed by atoms with van der Waals surface area (Å²) in [4.78, 5) is 32.8. The molecule has 0 spiro atoms. The van der Waals surface area contributed by atoms with Crippen LogP contribution in [0.15, 0.2) is 32.8 Å². The van der Waals surface area contributed by atoms with Crippen LogP contribution in [0, 0.1) is 17.0 Å². The summed E-state index contributed by atoms with van der Waals surface area (Å²) in [5.74, 6) is -0.172. The van der Waals surface area contributed by atoms with Crippen molar-refractivity contribution in [1.29, 1.82) is 0 Å². The molecule has 1 aromatic carbocycles. The number of benzene rings is 1. The smallest absolute Gasteiger partial charge is 0.284 e. The van der Waals surface area contributed by atoms with Gasteiger partial charge in [-0.25, -0.2) is 4.98 Å². The lowest BCUT2D eigenvalue weighted by Crippen LogP contribution is -2.44. The zero-order valence-electron chi connectivity index (χ0n) is 15.5. The largest absolute Gasteiger partial charge is 0.339 e. The van der Waals surface area contributed by atoms with Gasteiger partial charge >= 0.3 is 0 Å². The topological polar surface area (TPSA) is 79.6 Å². The highest BCUT2D eigenvalue weighted by atomic mass is 32.2. The molecule has 1 fully saturated rings. The lowest BCUT2D eigenvalue weighted by molar-refractivity contribution is -0.387. The van der Waals surface area contributed by atoms with Crippen molar-refractivity contribution in [3.63, 3.8) is 0 Å². The number of nitro benzene ring substituents is 1. The van der Waals surface area contributed by atoms with Gasteiger partial charge in [0.2, 0.25) is 0 Å².